The number of benzene rings is 2. The summed E-state index contributed by atoms with van der Waals surface area (Å²) in [5.41, 5.74) is 1.17. The number of hydrogen-bond acceptors (Lipinski definition) is 3. The van der Waals surface area contributed by atoms with E-state index in [0.717, 1.165) is 12.8 Å². The van der Waals surface area contributed by atoms with Crippen molar-refractivity contribution in [2.45, 2.75) is 19.4 Å². The first-order valence-electron chi connectivity index (χ1n) is 8.99. The highest BCUT2D eigenvalue weighted by molar-refractivity contribution is 5.77. The average Bonchev–Trinajstić information content (AvgIpc) is 2.68. The standard InChI is InChI=1S/C21H24FNO3/c22-19-8-4-5-9-20(19)26-16-21(24)23-12-10-18(11-13-23)15-25-14-17-6-2-1-3-7-17/h1-9,18H,10-16H2. The second-order valence-electron chi connectivity index (χ2n) is 6.54. The number of para-hydroxylation sites is 1. The topological polar surface area (TPSA) is 38.8 Å². The second kappa shape index (κ2) is 9.34. The Labute approximate surface area is 153 Å². The molecule has 0 bridgehead atoms. The zero-order valence-electron chi connectivity index (χ0n) is 14.8. The first-order valence-corrected chi connectivity index (χ1v) is 8.99. The van der Waals surface area contributed by atoms with Crippen LogP contribution in [0.15, 0.2) is 54.6 Å². The van der Waals surface area contributed by atoms with Crippen LogP contribution in [0.3, 0.4) is 0 Å². The van der Waals surface area contributed by atoms with Crippen LogP contribution in [0, 0.1) is 11.7 Å². The molecule has 0 atom stereocenters. The average molecular weight is 357 g/mol. The van der Waals surface area contributed by atoms with Crippen molar-refractivity contribution >= 4 is 5.91 Å². The Morgan fingerprint density at radius 1 is 1.04 bits per heavy atom. The van der Waals surface area contributed by atoms with Gasteiger partial charge in [0.25, 0.3) is 5.91 Å². The van der Waals surface area contributed by atoms with Gasteiger partial charge in [-0.15, -0.1) is 0 Å². The lowest BCUT2D eigenvalue weighted by Crippen LogP contribution is -2.41. The molecule has 1 aliphatic rings. The zero-order chi connectivity index (χ0) is 18.2. The quantitative estimate of drug-likeness (QED) is 0.759. The molecule has 0 aliphatic carbocycles. The van der Waals surface area contributed by atoms with E-state index in [1.807, 2.05) is 18.2 Å². The summed E-state index contributed by atoms with van der Waals surface area (Å²) in [5.74, 6) is 0.0341. The van der Waals surface area contributed by atoms with Crippen molar-refractivity contribution in [2.75, 3.05) is 26.3 Å². The molecule has 0 radical (unpaired) electrons. The van der Waals surface area contributed by atoms with Gasteiger partial charge >= 0.3 is 0 Å². The third-order valence-electron chi connectivity index (χ3n) is 4.62. The third kappa shape index (κ3) is 5.30. The molecule has 5 heteroatoms. The Morgan fingerprint density at radius 3 is 2.46 bits per heavy atom. The van der Waals surface area contributed by atoms with Crippen LogP contribution < -0.4 is 4.74 Å². The van der Waals surface area contributed by atoms with Crippen molar-refractivity contribution in [1.82, 2.24) is 4.90 Å². The molecule has 0 saturated carbocycles. The number of hydrogen-bond donors (Lipinski definition) is 0. The van der Waals surface area contributed by atoms with E-state index in [9.17, 15) is 9.18 Å². The Balaban J connectivity index is 1.35. The van der Waals surface area contributed by atoms with E-state index in [0.29, 0.717) is 32.2 Å². The molecule has 1 saturated heterocycles. The monoisotopic (exact) mass is 357 g/mol. The molecule has 0 N–H and O–H groups in total. The second-order valence-corrected chi connectivity index (χ2v) is 6.54. The van der Waals surface area contributed by atoms with Gasteiger partial charge in [-0.05, 0) is 36.5 Å². The van der Waals surface area contributed by atoms with Crippen LogP contribution in [0.5, 0.6) is 5.75 Å². The van der Waals surface area contributed by atoms with Gasteiger partial charge in [0.05, 0.1) is 6.61 Å². The van der Waals surface area contributed by atoms with Gasteiger partial charge in [0.1, 0.15) is 0 Å². The number of carbonyl (C=O) groups excluding carboxylic acids is 1. The molecule has 138 valence electrons. The van der Waals surface area contributed by atoms with E-state index in [1.165, 1.54) is 17.7 Å². The molecular weight excluding hydrogens is 333 g/mol. The summed E-state index contributed by atoms with van der Waals surface area (Å²) in [4.78, 5) is 14.0. The molecule has 0 aromatic heterocycles. The van der Waals surface area contributed by atoms with Gasteiger partial charge in [-0.25, -0.2) is 4.39 Å². The summed E-state index contributed by atoms with van der Waals surface area (Å²) < 4.78 is 24.6. The van der Waals surface area contributed by atoms with Gasteiger partial charge < -0.3 is 14.4 Å². The van der Waals surface area contributed by atoms with Crippen LogP contribution in [0.4, 0.5) is 4.39 Å². The fraction of sp³-hybridized carbons (Fsp3) is 0.381. The number of carbonyl (C=O) groups is 1. The minimum absolute atomic E-state index is 0.100. The van der Waals surface area contributed by atoms with Crippen LogP contribution >= 0.6 is 0 Å². The van der Waals surface area contributed by atoms with Crippen LogP contribution in [0.25, 0.3) is 0 Å². The summed E-state index contributed by atoms with van der Waals surface area (Å²) in [5, 5.41) is 0. The number of amides is 1. The van der Waals surface area contributed by atoms with E-state index in [-0.39, 0.29) is 18.3 Å². The Hall–Kier alpha value is -2.40. The van der Waals surface area contributed by atoms with Crippen molar-refractivity contribution in [3.8, 4) is 5.75 Å². The molecule has 26 heavy (non-hydrogen) atoms. The Kier molecular flexibility index (Phi) is 6.61. The first kappa shape index (κ1) is 18.4. The zero-order valence-corrected chi connectivity index (χ0v) is 14.8. The van der Waals surface area contributed by atoms with Crippen molar-refractivity contribution in [3.63, 3.8) is 0 Å². The van der Waals surface area contributed by atoms with E-state index in [1.54, 1.807) is 17.0 Å². The SMILES string of the molecule is O=C(COc1ccccc1F)N1CCC(COCc2ccccc2)CC1. The molecule has 2 aromatic carbocycles. The predicted molar refractivity (Wildman–Crippen MR) is 97.3 cm³/mol. The van der Waals surface area contributed by atoms with Crippen molar-refractivity contribution < 1.29 is 18.7 Å². The lowest BCUT2D eigenvalue weighted by Gasteiger charge is -2.31. The van der Waals surface area contributed by atoms with E-state index in [2.05, 4.69) is 12.1 Å². The molecule has 0 spiro atoms. The highest BCUT2D eigenvalue weighted by atomic mass is 19.1. The van der Waals surface area contributed by atoms with Crippen LogP contribution in [-0.4, -0.2) is 37.1 Å². The maximum Gasteiger partial charge on any atom is 0.260 e. The van der Waals surface area contributed by atoms with E-state index >= 15 is 0 Å². The minimum Gasteiger partial charge on any atom is -0.481 e. The fourth-order valence-electron chi connectivity index (χ4n) is 3.06. The highest BCUT2D eigenvalue weighted by Crippen LogP contribution is 2.19. The van der Waals surface area contributed by atoms with Crippen LogP contribution in [0.1, 0.15) is 18.4 Å². The van der Waals surface area contributed by atoms with Crippen molar-refractivity contribution in [3.05, 3.63) is 66.0 Å². The molecule has 1 amide bonds. The van der Waals surface area contributed by atoms with E-state index in [4.69, 9.17) is 9.47 Å². The van der Waals surface area contributed by atoms with Gasteiger partial charge in [-0.2, -0.15) is 0 Å². The fourth-order valence-corrected chi connectivity index (χ4v) is 3.06. The summed E-state index contributed by atoms with van der Waals surface area (Å²) in [6.45, 7) is 2.59. The Bertz CT molecular complexity index is 699. The smallest absolute Gasteiger partial charge is 0.260 e. The molecule has 2 aromatic rings. The number of nitrogens with zero attached hydrogens (tertiary/aromatic N) is 1. The lowest BCUT2D eigenvalue weighted by molar-refractivity contribution is -0.135. The highest BCUT2D eigenvalue weighted by Gasteiger charge is 2.23. The maximum absolute atomic E-state index is 13.5. The summed E-state index contributed by atoms with van der Waals surface area (Å²) in [6, 6.07) is 16.2. The van der Waals surface area contributed by atoms with Gasteiger partial charge in [0.2, 0.25) is 0 Å². The molecule has 1 aliphatic heterocycles. The molecule has 3 rings (SSSR count). The summed E-state index contributed by atoms with van der Waals surface area (Å²) >= 11 is 0. The van der Waals surface area contributed by atoms with Crippen molar-refractivity contribution in [1.29, 1.82) is 0 Å². The van der Waals surface area contributed by atoms with Crippen LogP contribution in [0.2, 0.25) is 0 Å². The number of halogens is 1. The normalized spacial score (nSPS) is 15.0. The van der Waals surface area contributed by atoms with Gasteiger partial charge in [0.15, 0.2) is 18.2 Å². The number of rotatable bonds is 7. The van der Waals surface area contributed by atoms with E-state index < -0.39 is 5.82 Å². The molecule has 0 unspecified atom stereocenters. The lowest BCUT2D eigenvalue weighted by atomic mass is 9.98. The number of piperidine rings is 1. The number of ether oxygens (including phenoxy) is 2. The largest absolute Gasteiger partial charge is 0.481 e. The van der Waals surface area contributed by atoms with Gasteiger partial charge in [0, 0.05) is 19.7 Å². The molecule has 1 fully saturated rings. The molecule has 4 nitrogen and oxygen atoms in total. The van der Waals surface area contributed by atoms with Crippen molar-refractivity contribution in [2.24, 2.45) is 5.92 Å². The molecule has 1 heterocycles. The Morgan fingerprint density at radius 2 is 1.73 bits per heavy atom. The van der Waals surface area contributed by atoms with Crippen LogP contribution in [-0.2, 0) is 16.1 Å². The minimum atomic E-state index is -0.449. The number of likely N-dealkylation sites (tertiary alicyclic amines) is 1. The third-order valence-corrected chi connectivity index (χ3v) is 4.62. The van der Waals surface area contributed by atoms with Gasteiger partial charge in [-0.1, -0.05) is 42.5 Å². The maximum atomic E-state index is 13.5. The predicted octanol–water partition coefficient (Wildman–Crippen LogP) is 3.66. The van der Waals surface area contributed by atoms with Gasteiger partial charge in [-0.3, -0.25) is 4.79 Å². The molecular formula is C21H24FNO3. The summed E-state index contributed by atoms with van der Waals surface area (Å²) in [7, 11) is 0. The first-order chi connectivity index (χ1) is 12.7. The summed E-state index contributed by atoms with van der Waals surface area (Å²) in [6.07, 6.45) is 1.83.